The van der Waals surface area contributed by atoms with E-state index in [0.29, 0.717) is 6.54 Å². The van der Waals surface area contributed by atoms with Gasteiger partial charge in [-0.2, -0.15) is 0 Å². The van der Waals surface area contributed by atoms with E-state index in [9.17, 15) is 14.4 Å². The van der Waals surface area contributed by atoms with Crippen LogP contribution >= 0.6 is 28.3 Å². The molecule has 2 rings (SSSR count). The van der Waals surface area contributed by atoms with E-state index >= 15 is 0 Å². The van der Waals surface area contributed by atoms with Gasteiger partial charge in [-0.1, -0.05) is 12.8 Å². The highest BCUT2D eigenvalue weighted by Crippen LogP contribution is 2.28. The van der Waals surface area contributed by atoms with Crippen molar-refractivity contribution in [1.29, 1.82) is 0 Å². The fourth-order valence-corrected chi connectivity index (χ4v) is 2.87. The number of H-pyrrole nitrogens is 1. The number of aromatic amines is 1. The van der Waals surface area contributed by atoms with Crippen molar-refractivity contribution in [2.45, 2.75) is 37.8 Å². The van der Waals surface area contributed by atoms with Crippen molar-refractivity contribution in [3.63, 3.8) is 0 Å². The molecule has 21 heavy (non-hydrogen) atoms. The lowest BCUT2D eigenvalue weighted by molar-refractivity contribution is -0.123. The molecule has 0 radical (unpaired) electrons. The SMILES string of the molecule is Cl.NCC1(NC(=O)Cn2cc(Br)c(=O)[nH]c2=O)CCCC1. The minimum Gasteiger partial charge on any atom is -0.348 e. The van der Waals surface area contributed by atoms with Crippen LogP contribution in [0, 0.1) is 0 Å². The summed E-state index contributed by atoms with van der Waals surface area (Å²) in [4.78, 5) is 37.0. The second kappa shape index (κ2) is 7.24. The third-order valence-corrected chi connectivity index (χ3v) is 4.20. The molecule has 0 aromatic carbocycles. The van der Waals surface area contributed by atoms with Crippen molar-refractivity contribution in [2.75, 3.05) is 6.54 Å². The zero-order valence-corrected chi connectivity index (χ0v) is 13.8. The Morgan fingerprint density at radius 2 is 2.05 bits per heavy atom. The molecule has 4 N–H and O–H groups in total. The molecule has 0 unspecified atom stereocenters. The van der Waals surface area contributed by atoms with E-state index in [1.807, 2.05) is 0 Å². The second-order valence-corrected chi connectivity index (χ2v) is 5.96. The van der Waals surface area contributed by atoms with Crippen molar-refractivity contribution in [3.05, 3.63) is 31.5 Å². The van der Waals surface area contributed by atoms with Crippen LogP contribution in [0.15, 0.2) is 20.3 Å². The number of hydrogen-bond donors (Lipinski definition) is 3. The van der Waals surface area contributed by atoms with Gasteiger partial charge in [0.2, 0.25) is 5.91 Å². The molecule has 0 saturated heterocycles. The summed E-state index contributed by atoms with van der Waals surface area (Å²) in [7, 11) is 0. The van der Waals surface area contributed by atoms with Crippen molar-refractivity contribution >= 4 is 34.2 Å². The first-order valence-corrected chi connectivity index (χ1v) is 7.25. The molecule has 1 aromatic rings. The van der Waals surface area contributed by atoms with Crippen molar-refractivity contribution in [1.82, 2.24) is 14.9 Å². The van der Waals surface area contributed by atoms with Gasteiger partial charge < -0.3 is 11.1 Å². The monoisotopic (exact) mass is 380 g/mol. The molecule has 1 aliphatic rings. The average Bonchev–Trinajstić information content (AvgIpc) is 2.85. The van der Waals surface area contributed by atoms with Crippen LogP contribution in [0.1, 0.15) is 25.7 Å². The Kier molecular flexibility index (Phi) is 6.18. The number of halogens is 2. The Hall–Kier alpha value is -1.12. The standard InChI is InChI=1S/C12H17BrN4O3.ClH/c13-8-5-17(11(20)15-10(8)19)6-9(18)16-12(7-14)3-1-2-4-12;/h5H,1-4,6-7,14H2,(H,16,18)(H,15,19,20);1H. The third kappa shape index (κ3) is 4.18. The minimum absolute atomic E-state index is 0. The number of nitrogens with one attached hydrogen (secondary N) is 2. The summed E-state index contributed by atoms with van der Waals surface area (Å²) in [5, 5.41) is 2.92. The highest BCUT2D eigenvalue weighted by Gasteiger charge is 2.33. The number of nitrogens with zero attached hydrogens (tertiary/aromatic N) is 1. The van der Waals surface area contributed by atoms with Gasteiger partial charge >= 0.3 is 5.69 Å². The van der Waals surface area contributed by atoms with Gasteiger partial charge in [0.25, 0.3) is 5.56 Å². The number of hydrogen-bond acceptors (Lipinski definition) is 4. The van der Waals surface area contributed by atoms with Gasteiger partial charge in [-0.05, 0) is 28.8 Å². The first-order valence-electron chi connectivity index (χ1n) is 6.46. The quantitative estimate of drug-likeness (QED) is 0.687. The number of carbonyl (C=O) groups is 1. The molecule has 0 atom stereocenters. The van der Waals surface area contributed by atoms with E-state index in [-0.39, 0.29) is 34.9 Å². The Morgan fingerprint density at radius 3 is 2.62 bits per heavy atom. The van der Waals surface area contributed by atoms with Gasteiger partial charge in [0, 0.05) is 12.7 Å². The molecular formula is C12H18BrClN4O3. The molecule has 1 heterocycles. The van der Waals surface area contributed by atoms with E-state index in [2.05, 4.69) is 26.2 Å². The summed E-state index contributed by atoms with van der Waals surface area (Å²) in [5.74, 6) is -0.279. The largest absolute Gasteiger partial charge is 0.348 e. The molecule has 9 heteroatoms. The molecule has 1 amide bonds. The Morgan fingerprint density at radius 1 is 1.43 bits per heavy atom. The Bertz CT molecular complexity index is 622. The Labute approximate surface area is 135 Å². The summed E-state index contributed by atoms with van der Waals surface area (Å²) < 4.78 is 1.36. The average molecular weight is 382 g/mol. The lowest BCUT2D eigenvalue weighted by Gasteiger charge is -2.28. The normalized spacial score (nSPS) is 16.3. The van der Waals surface area contributed by atoms with Crippen molar-refractivity contribution in [3.8, 4) is 0 Å². The summed E-state index contributed by atoms with van der Waals surface area (Å²) in [5.41, 5.74) is 4.28. The third-order valence-electron chi connectivity index (χ3n) is 3.64. The molecule has 1 aromatic heterocycles. The first kappa shape index (κ1) is 17.9. The van der Waals surface area contributed by atoms with Gasteiger partial charge in [0.15, 0.2) is 0 Å². The predicted octanol–water partition coefficient (Wildman–Crippen LogP) is 0.109. The number of aromatic nitrogens is 2. The van der Waals surface area contributed by atoms with Gasteiger partial charge in [-0.3, -0.25) is 19.1 Å². The van der Waals surface area contributed by atoms with E-state index < -0.39 is 11.2 Å². The van der Waals surface area contributed by atoms with Gasteiger partial charge in [-0.15, -0.1) is 12.4 Å². The summed E-state index contributed by atoms with van der Waals surface area (Å²) in [6.45, 7) is 0.249. The van der Waals surface area contributed by atoms with E-state index in [0.717, 1.165) is 30.3 Å². The molecule has 1 saturated carbocycles. The van der Waals surface area contributed by atoms with Gasteiger partial charge in [0.1, 0.15) is 6.54 Å². The molecular weight excluding hydrogens is 364 g/mol. The topological polar surface area (TPSA) is 110 Å². The maximum absolute atomic E-state index is 12.0. The molecule has 1 aliphatic carbocycles. The lowest BCUT2D eigenvalue weighted by Crippen LogP contribution is -2.53. The molecule has 118 valence electrons. The smallest absolute Gasteiger partial charge is 0.328 e. The predicted molar refractivity (Wildman–Crippen MR) is 84.7 cm³/mol. The number of amides is 1. The van der Waals surface area contributed by atoms with Crippen molar-refractivity contribution in [2.24, 2.45) is 5.73 Å². The van der Waals surface area contributed by atoms with Crippen LogP contribution in [-0.2, 0) is 11.3 Å². The van der Waals surface area contributed by atoms with Crippen LogP contribution in [0.4, 0.5) is 0 Å². The number of nitrogens with two attached hydrogens (primary N) is 1. The highest BCUT2D eigenvalue weighted by atomic mass is 79.9. The summed E-state index contributed by atoms with van der Waals surface area (Å²) in [6, 6.07) is 0. The molecule has 1 fully saturated rings. The van der Waals surface area contributed by atoms with Crippen LogP contribution in [0.2, 0.25) is 0 Å². The van der Waals surface area contributed by atoms with Crippen molar-refractivity contribution < 1.29 is 4.79 Å². The maximum Gasteiger partial charge on any atom is 0.328 e. The van der Waals surface area contributed by atoms with Gasteiger partial charge in [0.05, 0.1) is 10.0 Å². The zero-order valence-electron chi connectivity index (χ0n) is 11.4. The summed E-state index contributed by atoms with van der Waals surface area (Å²) >= 11 is 3.03. The first-order chi connectivity index (χ1) is 9.46. The fraction of sp³-hybridized carbons (Fsp3) is 0.583. The fourth-order valence-electron chi connectivity index (χ4n) is 2.52. The second-order valence-electron chi connectivity index (χ2n) is 5.10. The number of carbonyl (C=O) groups excluding carboxylic acids is 1. The lowest BCUT2D eigenvalue weighted by atomic mass is 9.98. The highest BCUT2D eigenvalue weighted by molar-refractivity contribution is 9.10. The van der Waals surface area contributed by atoms with E-state index in [1.165, 1.54) is 6.20 Å². The molecule has 7 nitrogen and oxygen atoms in total. The van der Waals surface area contributed by atoms with E-state index in [1.54, 1.807) is 0 Å². The number of rotatable bonds is 4. The van der Waals surface area contributed by atoms with Crippen LogP contribution in [0.3, 0.4) is 0 Å². The Balaban J connectivity index is 0.00000220. The van der Waals surface area contributed by atoms with E-state index in [4.69, 9.17) is 5.73 Å². The minimum atomic E-state index is -0.610. The maximum atomic E-state index is 12.0. The summed E-state index contributed by atoms with van der Waals surface area (Å²) in [6.07, 6.45) is 5.12. The van der Waals surface area contributed by atoms with Crippen LogP contribution in [0.5, 0.6) is 0 Å². The molecule has 0 aliphatic heterocycles. The van der Waals surface area contributed by atoms with Gasteiger partial charge in [-0.25, -0.2) is 4.79 Å². The molecule has 0 bridgehead atoms. The van der Waals surface area contributed by atoms with Crippen LogP contribution in [0.25, 0.3) is 0 Å². The van der Waals surface area contributed by atoms with Crippen LogP contribution in [-0.4, -0.2) is 27.5 Å². The van der Waals surface area contributed by atoms with Crippen LogP contribution < -0.4 is 22.3 Å². The zero-order chi connectivity index (χ0) is 14.8. The molecule has 0 spiro atoms.